The van der Waals surface area contributed by atoms with E-state index < -0.39 is 6.09 Å². The van der Waals surface area contributed by atoms with Crippen LogP contribution in [0, 0.1) is 6.92 Å². The Kier molecular flexibility index (Phi) is 6.14. The largest absolute Gasteiger partial charge is 0.450 e. The van der Waals surface area contributed by atoms with E-state index in [0.717, 1.165) is 10.7 Å². The Bertz CT molecular complexity index is 700. The molecular formula is C16H20N4O3S. The van der Waals surface area contributed by atoms with Gasteiger partial charge in [-0.25, -0.2) is 14.6 Å². The van der Waals surface area contributed by atoms with Gasteiger partial charge in [-0.05, 0) is 45.0 Å². The summed E-state index contributed by atoms with van der Waals surface area (Å²) in [5, 5.41) is 11.0. The molecule has 0 saturated heterocycles. The van der Waals surface area contributed by atoms with Gasteiger partial charge in [-0.2, -0.15) is 0 Å². The normalized spacial score (nSPS) is 11.5. The molecule has 8 heteroatoms. The molecule has 0 spiro atoms. The minimum absolute atomic E-state index is 0.181. The van der Waals surface area contributed by atoms with Gasteiger partial charge in [0.05, 0.1) is 23.4 Å². The Morgan fingerprint density at radius 1 is 1.21 bits per heavy atom. The molecule has 0 aliphatic rings. The molecule has 24 heavy (non-hydrogen) atoms. The highest BCUT2D eigenvalue weighted by Crippen LogP contribution is 2.17. The van der Waals surface area contributed by atoms with Crippen molar-refractivity contribution < 1.29 is 14.3 Å². The second-order valence-electron chi connectivity index (χ2n) is 5.03. The predicted octanol–water partition coefficient (Wildman–Crippen LogP) is 3.90. The number of nitrogens with zero attached hydrogens (tertiary/aromatic N) is 1. The Balaban J connectivity index is 1.86. The summed E-state index contributed by atoms with van der Waals surface area (Å²) in [6.45, 7) is 5.84. The number of hydrogen-bond donors (Lipinski definition) is 3. The fourth-order valence-electron chi connectivity index (χ4n) is 1.94. The van der Waals surface area contributed by atoms with Crippen LogP contribution in [0.3, 0.4) is 0 Å². The Morgan fingerprint density at radius 3 is 2.38 bits per heavy atom. The molecule has 0 bridgehead atoms. The first-order chi connectivity index (χ1) is 11.5. The van der Waals surface area contributed by atoms with Gasteiger partial charge in [0.15, 0.2) is 0 Å². The number of aryl methyl sites for hydroxylation is 1. The highest BCUT2D eigenvalue weighted by Gasteiger charge is 2.12. The average molecular weight is 348 g/mol. The highest BCUT2D eigenvalue weighted by molar-refractivity contribution is 7.09. The SMILES string of the molecule is CCOC(=O)Nc1ccc(NC(=O)NC(C)c2csc(C)n2)cc1. The molecule has 7 nitrogen and oxygen atoms in total. The molecule has 0 aliphatic heterocycles. The van der Waals surface area contributed by atoms with E-state index in [4.69, 9.17) is 4.74 Å². The van der Waals surface area contributed by atoms with Crippen LogP contribution in [0.4, 0.5) is 21.0 Å². The van der Waals surface area contributed by atoms with Crippen LogP contribution in [0.5, 0.6) is 0 Å². The second-order valence-corrected chi connectivity index (χ2v) is 6.10. The first-order valence-electron chi connectivity index (χ1n) is 7.51. The minimum atomic E-state index is -0.511. The van der Waals surface area contributed by atoms with Gasteiger partial charge in [0.1, 0.15) is 0 Å². The Morgan fingerprint density at radius 2 is 1.83 bits per heavy atom. The maximum atomic E-state index is 12.0. The third-order valence-electron chi connectivity index (χ3n) is 3.09. The lowest BCUT2D eigenvalue weighted by Gasteiger charge is -2.13. The van der Waals surface area contributed by atoms with Crippen molar-refractivity contribution in [1.29, 1.82) is 0 Å². The topological polar surface area (TPSA) is 92.4 Å². The van der Waals surface area contributed by atoms with Gasteiger partial charge in [-0.15, -0.1) is 11.3 Å². The van der Waals surface area contributed by atoms with E-state index in [9.17, 15) is 9.59 Å². The zero-order valence-corrected chi connectivity index (χ0v) is 14.6. The molecule has 0 fully saturated rings. The molecule has 3 N–H and O–H groups in total. The zero-order chi connectivity index (χ0) is 17.5. The lowest BCUT2D eigenvalue weighted by Crippen LogP contribution is -2.31. The van der Waals surface area contributed by atoms with Crippen molar-refractivity contribution in [2.75, 3.05) is 17.2 Å². The van der Waals surface area contributed by atoms with Gasteiger partial charge in [0, 0.05) is 16.8 Å². The summed E-state index contributed by atoms with van der Waals surface area (Å²) in [4.78, 5) is 27.7. The summed E-state index contributed by atoms with van der Waals surface area (Å²) < 4.78 is 4.79. The van der Waals surface area contributed by atoms with E-state index in [1.54, 1.807) is 42.5 Å². The van der Waals surface area contributed by atoms with Gasteiger partial charge in [0.2, 0.25) is 0 Å². The molecule has 0 saturated carbocycles. The van der Waals surface area contributed by atoms with E-state index in [1.165, 1.54) is 0 Å². The first-order valence-corrected chi connectivity index (χ1v) is 8.39. The van der Waals surface area contributed by atoms with Gasteiger partial charge < -0.3 is 15.4 Å². The summed E-state index contributed by atoms with van der Waals surface area (Å²) in [6.07, 6.45) is -0.511. The third kappa shape index (κ3) is 5.24. The van der Waals surface area contributed by atoms with Crippen LogP contribution in [-0.2, 0) is 4.74 Å². The molecule has 1 heterocycles. The van der Waals surface area contributed by atoms with Crippen LogP contribution < -0.4 is 16.0 Å². The van der Waals surface area contributed by atoms with Gasteiger partial charge in [-0.1, -0.05) is 0 Å². The maximum absolute atomic E-state index is 12.0. The third-order valence-corrected chi connectivity index (χ3v) is 3.88. The van der Waals surface area contributed by atoms with Crippen molar-refractivity contribution in [3.05, 3.63) is 40.3 Å². The van der Waals surface area contributed by atoms with Gasteiger partial charge in [-0.3, -0.25) is 5.32 Å². The second kappa shape index (κ2) is 8.30. The molecule has 1 aromatic heterocycles. The van der Waals surface area contributed by atoms with Gasteiger partial charge >= 0.3 is 12.1 Å². The number of thiazole rings is 1. The van der Waals surface area contributed by atoms with Crippen LogP contribution in [0.2, 0.25) is 0 Å². The zero-order valence-electron chi connectivity index (χ0n) is 13.8. The number of anilines is 2. The van der Waals surface area contributed by atoms with Crippen LogP contribution in [0.25, 0.3) is 0 Å². The van der Waals surface area contributed by atoms with Crippen molar-refractivity contribution in [1.82, 2.24) is 10.3 Å². The van der Waals surface area contributed by atoms with Crippen molar-refractivity contribution >= 4 is 34.8 Å². The molecule has 3 amide bonds. The Hall–Kier alpha value is -2.61. The van der Waals surface area contributed by atoms with Crippen LogP contribution in [0.15, 0.2) is 29.6 Å². The number of nitrogens with one attached hydrogen (secondary N) is 3. The average Bonchev–Trinajstić information content (AvgIpc) is 2.96. The maximum Gasteiger partial charge on any atom is 0.411 e. The molecule has 2 rings (SSSR count). The first kappa shape index (κ1) is 17.7. The van der Waals surface area contributed by atoms with E-state index in [-0.39, 0.29) is 12.1 Å². The molecule has 0 radical (unpaired) electrons. The van der Waals surface area contributed by atoms with Crippen molar-refractivity contribution in [2.45, 2.75) is 26.8 Å². The van der Waals surface area contributed by atoms with Crippen LogP contribution >= 0.6 is 11.3 Å². The van der Waals surface area contributed by atoms with Crippen molar-refractivity contribution in [2.24, 2.45) is 0 Å². The van der Waals surface area contributed by atoms with E-state index >= 15 is 0 Å². The number of carbonyl (C=O) groups excluding carboxylic acids is 2. The molecule has 1 atom stereocenters. The number of hydrogen-bond acceptors (Lipinski definition) is 5. The molecule has 128 valence electrons. The Labute approximate surface area is 144 Å². The smallest absolute Gasteiger partial charge is 0.411 e. The lowest BCUT2D eigenvalue weighted by molar-refractivity contribution is 0.168. The summed E-state index contributed by atoms with van der Waals surface area (Å²) in [7, 11) is 0. The minimum Gasteiger partial charge on any atom is -0.450 e. The van der Waals surface area contributed by atoms with E-state index in [2.05, 4.69) is 20.9 Å². The summed E-state index contributed by atoms with van der Waals surface area (Å²) in [6, 6.07) is 6.25. The van der Waals surface area contributed by atoms with E-state index in [0.29, 0.717) is 18.0 Å². The number of aromatic nitrogens is 1. The monoisotopic (exact) mass is 348 g/mol. The number of rotatable bonds is 5. The van der Waals surface area contributed by atoms with Crippen molar-refractivity contribution in [3.8, 4) is 0 Å². The molecule has 1 unspecified atom stereocenters. The fourth-order valence-corrected chi connectivity index (χ4v) is 2.64. The standard InChI is InChI=1S/C16H20N4O3S/c1-4-23-16(22)20-13-7-5-12(6-8-13)19-15(21)17-10(2)14-9-24-11(3)18-14/h5-10H,4H2,1-3H3,(H,20,22)(H2,17,19,21). The number of carbonyl (C=O) groups is 2. The van der Waals surface area contributed by atoms with Gasteiger partial charge in [0.25, 0.3) is 0 Å². The summed E-state index contributed by atoms with van der Waals surface area (Å²) in [5.74, 6) is 0. The predicted molar refractivity (Wildman–Crippen MR) is 94.5 cm³/mol. The fraction of sp³-hybridized carbons (Fsp3) is 0.312. The number of amides is 3. The number of benzene rings is 1. The summed E-state index contributed by atoms with van der Waals surface area (Å²) >= 11 is 1.55. The van der Waals surface area contributed by atoms with E-state index in [1.807, 2.05) is 19.2 Å². The number of urea groups is 1. The van der Waals surface area contributed by atoms with Crippen molar-refractivity contribution in [3.63, 3.8) is 0 Å². The molecule has 0 aliphatic carbocycles. The quantitative estimate of drug-likeness (QED) is 0.764. The molecule has 1 aromatic carbocycles. The summed E-state index contributed by atoms with van der Waals surface area (Å²) in [5.41, 5.74) is 2.04. The molecule has 2 aromatic rings. The number of ether oxygens (including phenoxy) is 1. The van der Waals surface area contributed by atoms with Crippen LogP contribution in [-0.4, -0.2) is 23.7 Å². The molecular weight excluding hydrogens is 328 g/mol. The highest BCUT2D eigenvalue weighted by atomic mass is 32.1. The lowest BCUT2D eigenvalue weighted by atomic mass is 10.2. The van der Waals surface area contributed by atoms with Crippen LogP contribution in [0.1, 0.15) is 30.6 Å².